The maximum absolute atomic E-state index is 13.0. The first-order valence-corrected chi connectivity index (χ1v) is 10.3. The van der Waals surface area contributed by atoms with Crippen molar-refractivity contribution in [3.8, 4) is 0 Å². The van der Waals surface area contributed by atoms with Crippen LogP contribution in [0.3, 0.4) is 0 Å². The molecule has 7 nitrogen and oxygen atoms in total. The van der Waals surface area contributed by atoms with Crippen molar-refractivity contribution < 1.29 is 27.5 Å². The molecule has 0 bridgehead atoms. The van der Waals surface area contributed by atoms with Crippen molar-refractivity contribution in [2.45, 2.75) is 12.3 Å². The summed E-state index contributed by atoms with van der Waals surface area (Å²) < 4.78 is 44.2. The third kappa shape index (κ3) is 5.13. The number of urea groups is 1. The predicted molar refractivity (Wildman–Crippen MR) is 113 cm³/mol. The van der Waals surface area contributed by atoms with E-state index in [-0.39, 0.29) is 6.54 Å². The molecule has 1 N–H and O–H groups in total. The third-order valence-corrected chi connectivity index (χ3v) is 5.52. The van der Waals surface area contributed by atoms with Gasteiger partial charge in [-0.25, -0.2) is 14.5 Å². The third-order valence-electron chi connectivity index (χ3n) is 5.52. The van der Waals surface area contributed by atoms with Gasteiger partial charge >= 0.3 is 18.3 Å². The molecule has 3 amide bonds. The summed E-state index contributed by atoms with van der Waals surface area (Å²) in [5.41, 5.74) is 0.458. The molecular weight excluding hydrogens is 425 g/mol. The number of rotatable bonds is 4. The molecule has 2 saturated heterocycles. The number of alkyl halides is 3. The Morgan fingerprint density at radius 1 is 1.03 bits per heavy atom. The quantitative estimate of drug-likeness (QED) is 0.769. The molecule has 2 aromatic carbocycles. The molecule has 4 rings (SSSR count). The number of cyclic esters (lactones) is 1. The van der Waals surface area contributed by atoms with E-state index in [1.54, 1.807) is 30.3 Å². The molecule has 1 atom stereocenters. The maximum Gasteiger partial charge on any atom is 0.418 e. The summed E-state index contributed by atoms with van der Waals surface area (Å²) in [5, 5.41) is 2.66. The van der Waals surface area contributed by atoms with Gasteiger partial charge in [0, 0.05) is 44.1 Å². The summed E-state index contributed by atoms with van der Waals surface area (Å²) in [6.45, 7) is 2.93. The number of para-hydroxylation sites is 1. The van der Waals surface area contributed by atoms with E-state index >= 15 is 0 Å². The monoisotopic (exact) mass is 448 g/mol. The lowest BCUT2D eigenvalue weighted by Gasteiger charge is -2.36. The molecule has 2 fully saturated rings. The highest BCUT2D eigenvalue weighted by Gasteiger charge is 2.37. The van der Waals surface area contributed by atoms with Crippen molar-refractivity contribution in [1.29, 1.82) is 0 Å². The first-order chi connectivity index (χ1) is 15.3. The number of anilines is 2. The highest BCUT2D eigenvalue weighted by molar-refractivity contribution is 5.99. The molecule has 2 heterocycles. The van der Waals surface area contributed by atoms with Gasteiger partial charge in [-0.15, -0.1) is 0 Å². The molecule has 0 radical (unpaired) electrons. The van der Waals surface area contributed by atoms with Crippen LogP contribution in [0.15, 0.2) is 54.6 Å². The Kier molecular flexibility index (Phi) is 6.22. The SMILES string of the molecule is O=C(Nc1ccccc1)N1CC(CN2CCN(c3cccc(C(F)(F)F)c3)CC2)OC1=O. The number of halogens is 3. The number of ether oxygens (including phenoxy) is 1. The average Bonchev–Trinajstić information content (AvgIpc) is 3.14. The van der Waals surface area contributed by atoms with Crippen molar-refractivity contribution in [3.05, 3.63) is 60.2 Å². The fourth-order valence-electron chi connectivity index (χ4n) is 3.85. The van der Waals surface area contributed by atoms with E-state index in [0.29, 0.717) is 44.1 Å². The van der Waals surface area contributed by atoms with E-state index < -0.39 is 30.0 Å². The first-order valence-electron chi connectivity index (χ1n) is 10.3. The maximum atomic E-state index is 13.0. The zero-order chi connectivity index (χ0) is 22.7. The molecule has 0 spiro atoms. The van der Waals surface area contributed by atoms with Gasteiger partial charge < -0.3 is 15.0 Å². The van der Waals surface area contributed by atoms with Gasteiger partial charge in [0.15, 0.2) is 0 Å². The van der Waals surface area contributed by atoms with Gasteiger partial charge in [-0.1, -0.05) is 24.3 Å². The molecule has 170 valence electrons. The van der Waals surface area contributed by atoms with E-state index in [2.05, 4.69) is 10.2 Å². The number of nitrogens with zero attached hydrogens (tertiary/aromatic N) is 3. The van der Waals surface area contributed by atoms with Crippen molar-refractivity contribution in [2.75, 3.05) is 49.5 Å². The van der Waals surface area contributed by atoms with Crippen LogP contribution in [0.2, 0.25) is 0 Å². The topological polar surface area (TPSA) is 65.1 Å². The lowest BCUT2D eigenvalue weighted by molar-refractivity contribution is -0.137. The molecule has 2 aliphatic heterocycles. The Morgan fingerprint density at radius 2 is 1.75 bits per heavy atom. The van der Waals surface area contributed by atoms with Crippen molar-refractivity contribution >= 4 is 23.5 Å². The van der Waals surface area contributed by atoms with Crippen molar-refractivity contribution in [3.63, 3.8) is 0 Å². The zero-order valence-electron chi connectivity index (χ0n) is 17.2. The molecule has 0 saturated carbocycles. The number of carbonyl (C=O) groups excluding carboxylic acids is 2. The van der Waals surface area contributed by atoms with Crippen LogP contribution in [0.4, 0.5) is 34.1 Å². The number of imide groups is 1. The van der Waals surface area contributed by atoms with Crippen LogP contribution >= 0.6 is 0 Å². The lowest BCUT2D eigenvalue weighted by atomic mass is 10.1. The minimum atomic E-state index is -4.37. The van der Waals surface area contributed by atoms with E-state index in [1.165, 1.54) is 6.07 Å². The van der Waals surface area contributed by atoms with Gasteiger partial charge in [0.05, 0.1) is 12.1 Å². The Balaban J connectivity index is 1.28. The minimum Gasteiger partial charge on any atom is -0.442 e. The molecule has 10 heteroatoms. The van der Waals surface area contributed by atoms with Crippen LogP contribution in [0.5, 0.6) is 0 Å². The van der Waals surface area contributed by atoms with Crippen LogP contribution in [0.1, 0.15) is 5.56 Å². The Hall–Kier alpha value is -3.27. The molecule has 1 unspecified atom stereocenters. The van der Waals surface area contributed by atoms with Crippen LogP contribution < -0.4 is 10.2 Å². The van der Waals surface area contributed by atoms with E-state index in [1.807, 2.05) is 11.0 Å². The van der Waals surface area contributed by atoms with Gasteiger partial charge in [-0.05, 0) is 30.3 Å². The summed E-state index contributed by atoms with van der Waals surface area (Å²) >= 11 is 0. The second kappa shape index (κ2) is 9.07. The Bertz CT molecular complexity index is 962. The second-order valence-corrected chi connectivity index (χ2v) is 7.75. The van der Waals surface area contributed by atoms with Gasteiger partial charge in [0.2, 0.25) is 0 Å². The number of nitrogens with one attached hydrogen (secondary N) is 1. The summed E-state index contributed by atoms with van der Waals surface area (Å²) in [6, 6.07) is 13.6. The number of amides is 3. The van der Waals surface area contributed by atoms with Gasteiger partial charge in [-0.3, -0.25) is 4.90 Å². The van der Waals surface area contributed by atoms with E-state index in [9.17, 15) is 22.8 Å². The summed E-state index contributed by atoms with van der Waals surface area (Å²) in [7, 11) is 0. The van der Waals surface area contributed by atoms with E-state index in [0.717, 1.165) is 17.0 Å². The fraction of sp³-hybridized carbons (Fsp3) is 0.364. The number of hydrogen-bond acceptors (Lipinski definition) is 5. The van der Waals surface area contributed by atoms with Gasteiger partial charge in [0.1, 0.15) is 6.10 Å². The minimum absolute atomic E-state index is 0.144. The summed E-state index contributed by atoms with van der Waals surface area (Å²) in [4.78, 5) is 29.5. The standard InChI is InChI=1S/C22H23F3N4O3/c23-22(24,25)16-5-4-8-18(13-16)28-11-9-27(10-12-28)14-19-15-29(21(31)32-19)20(30)26-17-6-2-1-3-7-17/h1-8,13,19H,9-12,14-15H2,(H,26,30). The number of hydrogen-bond donors (Lipinski definition) is 1. The van der Waals surface area contributed by atoms with Crippen LogP contribution in [0, 0.1) is 0 Å². The molecule has 0 aromatic heterocycles. The first kappa shape index (κ1) is 21.9. The lowest BCUT2D eigenvalue weighted by Crippen LogP contribution is -2.49. The number of piperazine rings is 1. The Morgan fingerprint density at radius 3 is 2.44 bits per heavy atom. The normalized spacial score (nSPS) is 19.7. The molecule has 0 aliphatic carbocycles. The molecular formula is C22H23F3N4O3. The van der Waals surface area contributed by atoms with Gasteiger partial charge in [0.25, 0.3) is 0 Å². The van der Waals surface area contributed by atoms with Crippen molar-refractivity contribution in [2.24, 2.45) is 0 Å². The molecule has 32 heavy (non-hydrogen) atoms. The van der Waals surface area contributed by atoms with Crippen LogP contribution in [-0.2, 0) is 10.9 Å². The van der Waals surface area contributed by atoms with Crippen LogP contribution in [-0.4, -0.2) is 67.3 Å². The Labute approximate surface area is 183 Å². The highest BCUT2D eigenvalue weighted by atomic mass is 19.4. The second-order valence-electron chi connectivity index (χ2n) is 7.75. The smallest absolute Gasteiger partial charge is 0.418 e. The summed E-state index contributed by atoms with van der Waals surface area (Å²) in [6.07, 6.45) is -5.52. The van der Waals surface area contributed by atoms with Crippen LogP contribution in [0.25, 0.3) is 0 Å². The zero-order valence-corrected chi connectivity index (χ0v) is 17.2. The highest BCUT2D eigenvalue weighted by Crippen LogP contribution is 2.32. The fourth-order valence-corrected chi connectivity index (χ4v) is 3.85. The molecule has 2 aliphatic rings. The number of benzene rings is 2. The predicted octanol–water partition coefficient (Wildman–Crippen LogP) is 3.88. The largest absolute Gasteiger partial charge is 0.442 e. The van der Waals surface area contributed by atoms with E-state index in [4.69, 9.17) is 4.74 Å². The van der Waals surface area contributed by atoms with Gasteiger partial charge in [-0.2, -0.15) is 13.2 Å². The average molecular weight is 448 g/mol. The molecule has 2 aromatic rings. The summed E-state index contributed by atoms with van der Waals surface area (Å²) in [5.74, 6) is 0. The van der Waals surface area contributed by atoms with Crippen molar-refractivity contribution in [1.82, 2.24) is 9.80 Å². The number of carbonyl (C=O) groups is 2.